The molecule has 1 aliphatic rings. The highest BCUT2D eigenvalue weighted by Crippen LogP contribution is 2.38. The summed E-state index contributed by atoms with van der Waals surface area (Å²) in [5, 5.41) is 3.58. The van der Waals surface area contributed by atoms with Crippen LogP contribution in [0.4, 0.5) is 0 Å². The topological polar surface area (TPSA) is 28.2 Å². The zero-order chi connectivity index (χ0) is 14.3. The lowest BCUT2D eigenvalue weighted by Crippen LogP contribution is -2.42. The van der Waals surface area contributed by atoms with Crippen molar-refractivity contribution in [1.82, 2.24) is 15.2 Å². The Hall–Kier alpha value is -0.930. The predicted molar refractivity (Wildman–Crippen MR) is 84.6 cm³/mol. The van der Waals surface area contributed by atoms with Crippen LogP contribution in [-0.2, 0) is 6.54 Å². The van der Waals surface area contributed by atoms with Crippen LogP contribution in [0.5, 0.6) is 0 Å². The highest BCUT2D eigenvalue weighted by molar-refractivity contribution is 5.03. The van der Waals surface area contributed by atoms with Gasteiger partial charge in [0.05, 0.1) is 5.69 Å². The third-order valence-electron chi connectivity index (χ3n) is 4.53. The lowest BCUT2D eigenvalue weighted by atomic mass is 9.85. The molecule has 1 aromatic rings. The lowest BCUT2D eigenvalue weighted by Gasteiger charge is -2.35. The van der Waals surface area contributed by atoms with Gasteiger partial charge in [-0.15, -0.1) is 0 Å². The monoisotopic (exact) mass is 275 g/mol. The van der Waals surface area contributed by atoms with Gasteiger partial charge in [-0.1, -0.05) is 32.8 Å². The van der Waals surface area contributed by atoms with E-state index in [4.69, 9.17) is 0 Å². The summed E-state index contributed by atoms with van der Waals surface area (Å²) in [6, 6.07) is 6.21. The molecule has 0 radical (unpaired) electrons. The SMILES string of the molecule is CCNCC1(CN(CC)Cc2ccccn2)CCCC1. The van der Waals surface area contributed by atoms with Crippen molar-refractivity contribution in [3.05, 3.63) is 30.1 Å². The first-order chi connectivity index (χ1) is 9.78. The van der Waals surface area contributed by atoms with Gasteiger partial charge >= 0.3 is 0 Å². The molecule has 0 aromatic carbocycles. The molecule has 20 heavy (non-hydrogen) atoms. The van der Waals surface area contributed by atoms with Crippen LogP contribution in [-0.4, -0.2) is 36.1 Å². The van der Waals surface area contributed by atoms with E-state index in [2.05, 4.69) is 41.2 Å². The van der Waals surface area contributed by atoms with Gasteiger partial charge in [-0.05, 0) is 43.5 Å². The van der Waals surface area contributed by atoms with Gasteiger partial charge in [-0.25, -0.2) is 0 Å². The maximum Gasteiger partial charge on any atom is 0.0543 e. The summed E-state index contributed by atoms with van der Waals surface area (Å²) in [6.45, 7) is 9.99. The van der Waals surface area contributed by atoms with E-state index in [-0.39, 0.29) is 0 Å². The van der Waals surface area contributed by atoms with E-state index < -0.39 is 0 Å². The molecule has 3 heteroatoms. The molecule has 0 amide bonds. The quantitative estimate of drug-likeness (QED) is 0.790. The number of hydrogen-bond acceptors (Lipinski definition) is 3. The van der Waals surface area contributed by atoms with Crippen LogP contribution >= 0.6 is 0 Å². The number of hydrogen-bond donors (Lipinski definition) is 1. The van der Waals surface area contributed by atoms with E-state index in [1.54, 1.807) is 0 Å². The Morgan fingerprint density at radius 2 is 2.05 bits per heavy atom. The molecule has 112 valence electrons. The number of nitrogens with zero attached hydrogens (tertiary/aromatic N) is 2. The zero-order valence-corrected chi connectivity index (χ0v) is 13.1. The lowest BCUT2D eigenvalue weighted by molar-refractivity contribution is 0.147. The van der Waals surface area contributed by atoms with Crippen LogP contribution in [0.3, 0.4) is 0 Å². The molecule has 0 spiro atoms. The van der Waals surface area contributed by atoms with Crippen molar-refractivity contribution < 1.29 is 0 Å². The standard InChI is InChI=1S/C17H29N3/c1-3-18-14-17(10-6-7-11-17)15-20(4-2)13-16-9-5-8-12-19-16/h5,8-9,12,18H,3-4,6-7,10-11,13-15H2,1-2H3. The maximum absolute atomic E-state index is 4.47. The number of rotatable bonds is 8. The van der Waals surface area contributed by atoms with Gasteiger partial charge in [0.15, 0.2) is 0 Å². The minimum Gasteiger partial charge on any atom is -0.316 e. The minimum atomic E-state index is 0.487. The van der Waals surface area contributed by atoms with Crippen LogP contribution in [0.25, 0.3) is 0 Å². The Kier molecular flexibility index (Phi) is 5.99. The molecule has 3 nitrogen and oxygen atoms in total. The summed E-state index contributed by atoms with van der Waals surface area (Å²) < 4.78 is 0. The number of aromatic nitrogens is 1. The summed E-state index contributed by atoms with van der Waals surface area (Å²) in [7, 11) is 0. The molecule has 0 saturated heterocycles. The van der Waals surface area contributed by atoms with Gasteiger partial charge < -0.3 is 5.32 Å². The van der Waals surface area contributed by atoms with Gasteiger partial charge in [0.1, 0.15) is 0 Å². The van der Waals surface area contributed by atoms with Crippen LogP contribution in [0, 0.1) is 5.41 Å². The van der Waals surface area contributed by atoms with Gasteiger partial charge in [-0.3, -0.25) is 9.88 Å². The Balaban J connectivity index is 1.96. The zero-order valence-electron chi connectivity index (χ0n) is 13.1. The van der Waals surface area contributed by atoms with E-state index in [9.17, 15) is 0 Å². The van der Waals surface area contributed by atoms with Crippen molar-refractivity contribution in [2.75, 3.05) is 26.2 Å². The average Bonchev–Trinajstić information content (AvgIpc) is 2.94. The average molecular weight is 275 g/mol. The summed E-state index contributed by atoms with van der Waals surface area (Å²) >= 11 is 0. The first-order valence-electron chi connectivity index (χ1n) is 8.11. The van der Waals surface area contributed by atoms with Crippen molar-refractivity contribution in [3.8, 4) is 0 Å². The first kappa shape index (κ1) is 15.5. The molecule has 0 unspecified atom stereocenters. The van der Waals surface area contributed by atoms with Crippen molar-refractivity contribution in [3.63, 3.8) is 0 Å². The van der Waals surface area contributed by atoms with Crippen LogP contribution in [0.2, 0.25) is 0 Å². The Bertz CT molecular complexity index is 371. The van der Waals surface area contributed by atoms with Gasteiger partial charge in [0.25, 0.3) is 0 Å². The first-order valence-corrected chi connectivity index (χ1v) is 8.11. The molecule has 1 fully saturated rings. The number of nitrogens with one attached hydrogen (secondary N) is 1. The van der Waals surface area contributed by atoms with Crippen molar-refractivity contribution >= 4 is 0 Å². The van der Waals surface area contributed by atoms with Crippen LogP contribution < -0.4 is 5.32 Å². The molecule has 1 aromatic heterocycles. The molecule has 0 aliphatic heterocycles. The van der Waals surface area contributed by atoms with Crippen LogP contribution in [0.15, 0.2) is 24.4 Å². The molecule has 0 bridgehead atoms. The van der Waals surface area contributed by atoms with Gasteiger partial charge in [0, 0.05) is 25.8 Å². The Labute approximate surface area is 123 Å². The van der Waals surface area contributed by atoms with E-state index in [0.29, 0.717) is 5.41 Å². The molecular formula is C17H29N3. The van der Waals surface area contributed by atoms with E-state index >= 15 is 0 Å². The van der Waals surface area contributed by atoms with Crippen molar-refractivity contribution in [2.45, 2.75) is 46.1 Å². The maximum atomic E-state index is 4.47. The summed E-state index contributed by atoms with van der Waals surface area (Å²) in [5.74, 6) is 0. The number of pyridine rings is 1. The van der Waals surface area contributed by atoms with Crippen molar-refractivity contribution in [1.29, 1.82) is 0 Å². The molecule has 1 heterocycles. The molecule has 0 atom stereocenters. The summed E-state index contributed by atoms with van der Waals surface area (Å²) in [6.07, 6.45) is 7.43. The highest BCUT2D eigenvalue weighted by Gasteiger charge is 2.34. The third-order valence-corrected chi connectivity index (χ3v) is 4.53. The largest absolute Gasteiger partial charge is 0.316 e. The van der Waals surface area contributed by atoms with Crippen molar-refractivity contribution in [2.24, 2.45) is 5.41 Å². The molecule has 1 N–H and O–H groups in total. The highest BCUT2D eigenvalue weighted by atomic mass is 15.1. The fourth-order valence-electron chi connectivity index (χ4n) is 3.38. The fraction of sp³-hybridized carbons (Fsp3) is 0.706. The second-order valence-corrected chi connectivity index (χ2v) is 6.11. The molecule has 1 aliphatic carbocycles. The molecule has 2 rings (SSSR count). The summed E-state index contributed by atoms with van der Waals surface area (Å²) in [4.78, 5) is 7.03. The normalized spacial score (nSPS) is 17.8. The Morgan fingerprint density at radius 1 is 1.25 bits per heavy atom. The second-order valence-electron chi connectivity index (χ2n) is 6.11. The smallest absolute Gasteiger partial charge is 0.0543 e. The van der Waals surface area contributed by atoms with Gasteiger partial charge in [-0.2, -0.15) is 0 Å². The predicted octanol–water partition coefficient (Wildman–Crippen LogP) is 3.07. The van der Waals surface area contributed by atoms with Gasteiger partial charge in [0.2, 0.25) is 0 Å². The minimum absolute atomic E-state index is 0.487. The molecular weight excluding hydrogens is 246 g/mol. The summed E-state index contributed by atoms with van der Waals surface area (Å²) in [5.41, 5.74) is 1.67. The van der Waals surface area contributed by atoms with E-state index in [1.807, 2.05) is 12.3 Å². The van der Waals surface area contributed by atoms with E-state index in [1.165, 1.54) is 44.5 Å². The van der Waals surface area contributed by atoms with E-state index in [0.717, 1.165) is 19.6 Å². The van der Waals surface area contributed by atoms with Crippen LogP contribution in [0.1, 0.15) is 45.2 Å². The third kappa shape index (κ3) is 4.29. The second kappa shape index (κ2) is 7.75. The Morgan fingerprint density at radius 3 is 2.65 bits per heavy atom. The fourth-order valence-corrected chi connectivity index (χ4v) is 3.38. The molecule has 1 saturated carbocycles.